The number of hydrogen-bond acceptors (Lipinski definition) is 5. The van der Waals surface area contributed by atoms with Crippen LogP contribution in [0.25, 0.3) is 0 Å². The Labute approximate surface area is 201 Å². The summed E-state index contributed by atoms with van der Waals surface area (Å²) in [5.74, 6) is 5.22. The van der Waals surface area contributed by atoms with Gasteiger partial charge in [-0.2, -0.15) is 4.21 Å². The molecule has 0 aromatic carbocycles. The fourth-order valence-electron chi connectivity index (χ4n) is 8.79. The van der Waals surface area contributed by atoms with Gasteiger partial charge in [-0.15, -0.1) is 0 Å². The molecule has 3 saturated carbocycles. The Morgan fingerprint density at radius 2 is 1.81 bits per heavy atom. The number of allylic oxidation sites excluding steroid dienone is 1. The molecular weight excluding hydrogens is 420 g/mol. The Bertz CT molecular complexity index is 652. The standard InChI is InChI=1S/C27H46O3.OS/c1-18(2)7-6-8-19(3)23-11-12-24-22-10-9-20-17-21(29-30-28)13-15-26(20,4)25(22)14-16-27(23,24)5;1-2/h9,18-19,21-25,28H,6-8,10-17H2,1-5H3;/p-1. The van der Waals surface area contributed by atoms with E-state index in [0.29, 0.717) is 10.8 Å². The van der Waals surface area contributed by atoms with Gasteiger partial charge in [0, 0.05) is 0 Å². The average Bonchev–Trinajstić information content (AvgIpc) is 3.12. The Morgan fingerprint density at radius 3 is 2.50 bits per heavy atom. The molecule has 0 aromatic rings. The van der Waals surface area contributed by atoms with Crippen LogP contribution in [-0.4, -0.2) is 10.3 Å². The summed E-state index contributed by atoms with van der Waals surface area (Å²) in [5.41, 5.74) is 2.42. The van der Waals surface area contributed by atoms with E-state index in [1.807, 2.05) is 0 Å². The molecule has 8 unspecified atom stereocenters. The minimum absolute atomic E-state index is 0.0465. The van der Waals surface area contributed by atoms with Crippen molar-refractivity contribution < 1.29 is 19.4 Å². The molecule has 3 fully saturated rings. The van der Waals surface area contributed by atoms with Crippen LogP contribution in [0.1, 0.15) is 105 Å². The average molecular weight is 466 g/mol. The molecule has 4 nitrogen and oxygen atoms in total. The minimum Gasteiger partial charge on any atom is -0.692 e. The molecule has 4 rings (SSSR count). The summed E-state index contributed by atoms with van der Waals surface area (Å²) in [7, 11) is 0. The van der Waals surface area contributed by atoms with E-state index in [4.69, 9.17) is 9.10 Å². The second-order valence-electron chi connectivity index (χ2n) is 12.3. The van der Waals surface area contributed by atoms with Gasteiger partial charge in [-0.25, -0.2) is 4.89 Å². The molecule has 0 heterocycles. The molecule has 184 valence electrons. The highest BCUT2D eigenvalue weighted by atomic mass is 32.1. The van der Waals surface area contributed by atoms with Crippen LogP contribution in [0.3, 0.4) is 0 Å². The van der Waals surface area contributed by atoms with Crippen molar-refractivity contribution in [3.63, 3.8) is 0 Å². The second kappa shape index (κ2) is 10.9. The normalized spacial score (nSPS) is 41.6. The molecule has 32 heavy (non-hydrogen) atoms. The van der Waals surface area contributed by atoms with Crippen LogP contribution >= 0.6 is 0 Å². The van der Waals surface area contributed by atoms with Crippen LogP contribution in [-0.2, 0) is 22.5 Å². The van der Waals surface area contributed by atoms with E-state index in [1.54, 1.807) is 5.57 Å². The SMILES string of the molecule is CC(C)CCCC(C)C1CCC2C3CC=C4CC(OO[O-])CCC4(C)C3CCC12C.O=S. The summed E-state index contributed by atoms with van der Waals surface area (Å²) in [4.78, 5) is 4.99. The van der Waals surface area contributed by atoms with Crippen LogP contribution in [0.4, 0.5) is 0 Å². The number of hydrogen-bond donors (Lipinski definition) is 0. The molecule has 0 bridgehead atoms. The van der Waals surface area contributed by atoms with Crippen molar-refractivity contribution in [3.05, 3.63) is 11.6 Å². The van der Waals surface area contributed by atoms with E-state index >= 15 is 0 Å². The third-order valence-electron chi connectivity index (χ3n) is 10.4. The lowest BCUT2D eigenvalue weighted by molar-refractivity contribution is -0.805. The van der Waals surface area contributed by atoms with Crippen LogP contribution in [0.5, 0.6) is 0 Å². The molecule has 0 N–H and O–H groups in total. The van der Waals surface area contributed by atoms with E-state index in [0.717, 1.165) is 54.8 Å². The molecule has 0 amide bonds. The molecule has 0 aliphatic heterocycles. The van der Waals surface area contributed by atoms with Gasteiger partial charge in [0.05, 0.1) is 6.10 Å². The fraction of sp³-hybridized carbons (Fsp3) is 0.926. The van der Waals surface area contributed by atoms with Crippen molar-refractivity contribution in [2.75, 3.05) is 0 Å². The lowest BCUT2D eigenvalue weighted by Crippen LogP contribution is -2.51. The zero-order valence-corrected chi connectivity index (χ0v) is 21.8. The van der Waals surface area contributed by atoms with Gasteiger partial charge in [-0.1, -0.05) is 65.5 Å². The molecule has 4 aliphatic rings. The largest absolute Gasteiger partial charge is 0.692 e. The van der Waals surface area contributed by atoms with E-state index < -0.39 is 0 Å². The molecule has 0 saturated heterocycles. The third-order valence-corrected chi connectivity index (χ3v) is 10.4. The topological polar surface area (TPSA) is 58.6 Å². The number of fused-ring (bicyclic) bond motifs is 5. The van der Waals surface area contributed by atoms with Crippen molar-refractivity contribution in [1.29, 1.82) is 0 Å². The summed E-state index contributed by atoms with van der Waals surface area (Å²) in [6, 6.07) is 0. The molecule has 5 heteroatoms. The molecule has 4 aliphatic carbocycles. The Morgan fingerprint density at radius 1 is 1.06 bits per heavy atom. The lowest BCUT2D eigenvalue weighted by atomic mass is 9.47. The zero-order chi connectivity index (χ0) is 23.5. The second-order valence-corrected chi connectivity index (χ2v) is 12.3. The maximum Gasteiger partial charge on any atom is 0.197 e. The van der Waals surface area contributed by atoms with Gasteiger partial charge >= 0.3 is 0 Å². The Kier molecular flexibility index (Phi) is 8.96. The van der Waals surface area contributed by atoms with Gasteiger partial charge in [-0.05, 0) is 97.7 Å². The minimum atomic E-state index is -0.0465. The van der Waals surface area contributed by atoms with Crippen LogP contribution < -0.4 is 5.26 Å². The molecule has 0 aromatic heterocycles. The first-order valence-electron chi connectivity index (χ1n) is 13.1. The molecular formula is C27H45O4S-. The van der Waals surface area contributed by atoms with Crippen LogP contribution in [0.2, 0.25) is 0 Å². The van der Waals surface area contributed by atoms with Crippen molar-refractivity contribution in [2.45, 2.75) is 111 Å². The Balaban J connectivity index is 0.00000141. The van der Waals surface area contributed by atoms with E-state index in [9.17, 15) is 5.26 Å². The van der Waals surface area contributed by atoms with Gasteiger partial charge in [0.2, 0.25) is 0 Å². The van der Waals surface area contributed by atoms with Crippen molar-refractivity contribution in [1.82, 2.24) is 0 Å². The van der Waals surface area contributed by atoms with Gasteiger partial charge < -0.3 is 5.26 Å². The monoisotopic (exact) mass is 465 g/mol. The van der Waals surface area contributed by atoms with E-state index in [1.165, 1.54) is 51.4 Å². The smallest absolute Gasteiger partial charge is 0.197 e. The van der Waals surface area contributed by atoms with Gasteiger partial charge in [0.15, 0.2) is 12.5 Å². The molecule has 0 spiro atoms. The quantitative estimate of drug-likeness (QED) is 0.251. The van der Waals surface area contributed by atoms with Crippen molar-refractivity contribution in [3.8, 4) is 0 Å². The summed E-state index contributed by atoms with van der Waals surface area (Å²) in [5, 5.41) is 14.2. The van der Waals surface area contributed by atoms with Crippen LogP contribution in [0.15, 0.2) is 11.6 Å². The Hall–Kier alpha value is -0.360. The highest BCUT2D eigenvalue weighted by Crippen LogP contribution is 2.67. The molecule has 0 radical (unpaired) electrons. The third kappa shape index (κ3) is 4.87. The maximum atomic E-state index is 10.5. The summed E-state index contributed by atoms with van der Waals surface area (Å²) in [6.07, 6.45) is 16.7. The predicted octanol–water partition coefficient (Wildman–Crippen LogP) is 6.28. The van der Waals surface area contributed by atoms with Gasteiger partial charge in [0.25, 0.3) is 0 Å². The predicted molar refractivity (Wildman–Crippen MR) is 127 cm³/mol. The summed E-state index contributed by atoms with van der Waals surface area (Å²) < 4.78 is 7.83. The lowest BCUT2D eigenvalue weighted by Gasteiger charge is -2.58. The van der Waals surface area contributed by atoms with Gasteiger partial charge in [0.1, 0.15) is 0 Å². The van der Waals surface area contributed by atoms with Crippen molar-refractivity contribution in [2.24, 2.45) is 46.3 Å². The zero-order valence-electron chi connectivity index (χ0n) is 20.9. The maximum absolute atomic E-state index is 10.5. The molecule has 8 atom stereocenters. The van der Waals surface area contributed by atoms with E-state index in [2.05, 4.69) is 58.3 Å². The van der Waals surface area contributed by atoms with Gasteiger partial charge in [-0.3, -0.25) is 5.04 Å². The highest BCUT2D eigenvalue weighted by Gasteiger charge is 2.59. The first-order chi connectivity index (χ1) is 15.3. The summed E-state index contributed by atoms with van der Waals surface area (Å²) >= 11 is 2.83. The first kappa shape index (κ1) is 26.2. The fourth-order valence-corrected chi connectivity index (χ4v) is 8.79. The van der Waals surface area contributed by atoms with Crippen molar-refractivity contribution >= 4 is 12.5 Å². The van der Waals surface area contributed by atoms with E-state index in [-0.39, 0.29) is 6.10 Å². The number of rotatable bonds is 7. The first-order valence-corrected chi connectivity index (χ1v) is 13.4. The summed E-state index contributed by atoms with van der Waals surface area (Å²) in [6.45, 7) is 12.5. The highest BCUT2D eigenvalue weighted by molar-refractivity contribution is 7.44. The van der Waals surface area contributed by atoms with Crippen LogP contribution in [0, 0.1) is 46.3 Å².